The van der Waals surface area contributed by atoms with Gasteiger partial charge in [0.05, 0.1) is 29.4 Å². The van der Waals surface area contributed by atoms with Crippen LogP contribution in [-0.4, -0.2) is 24.0 Å². The zero-order valence-corrected chi connectivity index (χ0v) is 23.5. The largest absolute Gasteiger partial charge is 0.465 e. The SMILES string of the molecule is CCC(C)(C)C1CCc2c(sc(NC(=O)c3cc(-c4ccc(C)cc4)nc4ccccc34)c2C(=O)OC)C1. The number of anilines is 1. The van der Waals surface area contributed by atoms with Crippen molar-refractivity contribution in [2.45, 2.75) is 53.4 Å². The Labute approximate surface area is 228 Å². The summed E-state index contributed by atoms with van der Waals surface area (Å²) in [5, 5.41) is 4.44. The molecule has 2 heterocycles. The first-order chi connectivity index (χ1) is 18.2. The van der Waals surface area contributed by atoms with Gasteiger partial charge in [0.1, 0.15) is 5.00 Å². The molecule has 196 valence electrons. The first-order valence-corrected chi connectivity index (χ1v) is 14.0. The van der Waals surface area contributed by atoms with E-state index >= 15 is 0 Å². The Hall–Kier alpha value is -3.51. The molecule has 0 spiro atoms. The highest BCUT2D eigenvalue weighted by Gasteiger charge is 2.35. The molecule has 0 saturated carbocycles. The summed E-state index contributed by atoms with van der Waals surface area (Å²) in [5.74, 6) is -0.119. The lowest BCUT2D eigenvalue weighted by molar-refractivity contribution is 0.0600. The molecule has 5 nitrogen and oxygen atoms in total. The summed E-state index contributed by atoms with van der Waals surface area (Å²) in [6.07, 6.45) is 3.85. The first-order valence-electron chi connectivity index (χ1n) is 13.2. The number of rotatable bonds is 6. The van der Waals surface area contributed by atoms with Gasteiger partial charge in [-0.15, -0.1) is 11.3 Å². The topological polar surface area (TPSA) is 68.3 Å². The van der Waals surface area contributed by atoms with Gasteiger partial charge in [-0.1, -0.05) is 75.2 Å². The monoisotopic (exact) mass is 526 g/mol. The molecule has 1 unspecified atom stereocenters. The maximum Gasteiger partial charge on any atom is 0.341 e. The van der Waals surface area contributed by atoms with E-state index < -0.39 is 5.97 Å². The van der Waals surface area contributed by atoms with Crippen molar-refractivity contribution in [2.24, 2.45) is 11.3 Å². The molecule has 1 N–H and O–H groups in total. The Balaban J connectivity index is 1.55. The van der Waals surface area contributed by atoms with Crippen LogP contribution in [0.4, 0.5) is 5.00 Å². The summed E-state index contributed by atoms with van der Waals surface area (Å²) in [7, 11) is 1.40. The molecule has 0 radical (unpaired) electrons. The summed E-state index contributed by atoms with van der Waals surface area (Å²) < 4.78 is 5.17. The van der Waals surface area contributed by atoms with E-state index in [2.05, 4.69) is 26.1 Å². The lowest BCUT2D eigenvalue weighted by Gasteiger charge is -2.36. The number of carbonyl (C=O) groups excluding carboxylic acids is 2. The Bertz CT molecular complexity index is 1520. The minimum absolute atomic E-state index is 0.221. The highest BCUT2D eigenvalue weighted by atomic mass is 32.1. The fourth-order valence-electron chi connectivity index (χ4n) is 5.35. The quantitative estimate of drug-likeness (QED) is 0.260. The molecule has 1 aliphatic rings. The maximum absolute atomic E-state index is 13.8. The van der Waals surface area contributed by atoms with Crippen molar-refractivity contribution >= 4 is 39.1 Å². The molecule has 0 aliphatic heterocycles. The molecule has 2 aromatic heterocycles. The number of aryl methyl sites for hydroxylation is 1. The van der Waals surface area contributed by atoms with E-state index in [4.69, 9.17) is 9.72 Å². The van der Waals surface area contributed by atoms with E-state index in [-0.39, 0.29) is 11.3 Å². The van der Waals surface area contributed by atoms with Crippen LogP contribution in [-0.2, 0) is 17.6 Å². The number of ether oxygens (including phenoxy) is 1. The van der Waals surface area contributed by atoms with Crippen LogP contribution in [0.25, 0.3) is 22.2 Å². The van der Waals surface area contributed by atoms with Gasteiger partial charge in [-0.25, -0.2) is 9.78 Å². The Morgan fingerprint density at radius 2 is 1.87 bits per heavy atom. The Morgan fingerprint density at radius 1 is 1.13 bits per heavy atom. The van der Waals surface area contributed by atoms with Crippen LogP contribution in [0.3, 0.4) is 0 Å². The number of fused-ring (bicyclic) bond motifs is 2. The van der Waals surface area contributed by atoms with Gasteiger partial charge in [0.2, 0.25) is 0 Å². The van der Waals surface area contributed by atoms with E-state index in [1.165, 1.54) is 23.3 Å². The number of amides is 1. The third kappa shape index (κ3) is 4.85. The molecule has 2 aromatic carbocycles. The third-order valence-electron chi connectivity index (χ3n) is 8.21. The van der Waals surface area contributed by atoms with Crippen LogP contribution in [0.1, 0.15) is 70.3 Å². The van der Waals surface area contributed by atoms with Crippen molar-refractivity contribution in [3.05, 3.63) is 81.7 Å². The molecule has 6 heteroatoms. The Kier molecular flexibility index (Phi) is 7.10. The Morgan fingerprint density at radius 3 is 2.58 bits per heavy atom. The third-order valence-corrected chi connectivity index (χ3v) is 9.38. The smallest absolute Gasteiger partial charge is 0.341 e. The van der Waals surface area contributed by atoms with E-state index in [1.54, 1.807) is 0 Å². The second kappa shape index (κ2) is 10.3. The highest BCUT2D eigenvalue weighted by Crippen LogP contribution is 2.46. The van der Waals surface area contributed by atoms with Crippen molar-refractivity contribution in [3.63, 3.8) is 0 Å². The summed E-state index contributed by atoms with van der Waals surface area (Å²) in [4.78, 5) is 32.8. The standard InChI is InChI=1S/C32H34N2O3S/c1-6-32(3,4)21-15-16-23-27(17-21)38-30(28(23)31(36)37-5)34-29(35)24-18-26(20-13-11-19(2)12-14-20)33-25-10-8-7-9-22(24)25/h7-14,18,21H,6,15-17H2,1-5H3,(H,34,35). The average molecular weight is 527 g/mol. The van der Waals surface area contributed by atoms with Gasteiger partial charge in [0, 0.05) is 15.8 Å². The van der Waals surface area contributed by atoms with Gasteiger partial charge in [-0.3, -0.25) is 4.79 Å². The van der Waals surface area contributed by atoms with Crippen molar-refractivity contribution in [3.8, 4) is 11.3 Å². The van der Waals surface area contributed by atoms with E-state index in [0.717, 1.165) is 59.0 Å². The normalized spacial score (nSPS) is 15.2. The predicted octanol–water partition coefficient (Wildman–Crippen LogP) is 7.85. The number of para-hydroxylation sites is 1. The fourth-order valence-corrected chi connectivity index (χ4v) is 6.66. The molecule has 4 aromatic rings. The number of pyridine rings is 1. The fraction of sp³-hybridized carbons (Fsp3) is 0.344. The average Bonchev–Trinajstić information content (AvgIpc) is 3.29. The van der Waals surface area contributed by atoms with Crippen molar-refractivity contribution in [2.75, 3.05) is 12.4 Å². The van der Waals surface area contributed by atoms with Gasteiger partial charge >= 0.3 is 5.97 Å². The van der Waals surface area contributed by atoms with Crippen LogP contribution < -0.4 is 5.32 Å². The van der Waals surface area contributed by atoms with Crippen LogP contribution >= 0.6 is 11.3 Å². The number of carbonyl (C=O) groups is 2. The van der Waals surface area contributed by atoms with Gasteiger partial charge in [0.25, 0.3) is 5.91 Å². The molecule has 5 rings (SSSR count). The van der Waals surface area contributed by atoms with Gasteiger partial charge in [-0.05, 0) is 55.2 Å². The summed E-state index contributed by atoms with van der Waals surface area (Å²) >= 11 is 1.52. The summed E-state index contributed by atoms with van der Waals surface area (Å²) in [5.41, 5.74) is 5.87. The number of benzene rings is 2. The van der Waals surface area contributed by atoms with E-state index in [9.17, 15) is 9.59 Å². The van der Waals surface area contributed by atoms with Crippen molar-refractivity contribution in [1.29, 1.82) is 0 Å². The number of nitrogens with zero attached hydrogens (tertiary/aromatic N) is 1. The molecule has 1 aliphatic carbocycles. The second-order valence-electron chi connectivity index (χ2n) is 10.9. The molecule has 38 heavy (non-hydrogen) atoms. The van der Waals surface area contributed by atoms with Gasteiger partial charge < -0.3 is 10.1 Å². The zero-order chi connectivity index (χ0) is 27.0. The van der Waals surface area contributed by atoms with Crippen molar-refractivity contribution < 1.29 is 14.3 Å². The zero-order valence-electron chi connectivity index (χ0n) is 22.7. The van der Waals surface area contributed by atoms with Crippen LogP contribution in [0.15, 0.2) is 54.6 Å². The minimum atomic E-state index is -0.397. The van der Waals surface area contributed by atoms with E-state index in [0.29, 0.717) is 22.0 Å². The lowest BCUT2D eigenvalue weighted by Crippen LogP contribution is -2.28. The molecular formula is C32H34N2O3S. The summed E-state index contributed by atoms with van der Waals surface area (Å²) in [6, 6.07) is 17.6. The number of methoxy groups -OCH3 is 1. The van der Waals surface area contributed by atoms with Gasteiger partial charge in [0.15, 0.2) is 0 Å². The molecule has 0 saturated heterocycles. The second-order valence-corrected chi connectivity index (χ2v) is 12.0. The lowest BCUT2D eigenvalue weighted by atomic mass is 9.69. The molecule has 0 bridgehead atoms. The van der Waals surface area contributed by atoms with Crippen molar-refractivity contribution in [1.82, 2.24) is 4.98 Å². The van der Waals surface area contributed by atoms with Crippen LogP contribution in [0, 0.1) is 18.3 Å². The number of nitrogens with one attached hydrogen (secondary N) is 1. The highest BCUT2D eigenvalue weighted by molar-refractivity contribution is 7.17. The number of hydrogen-bond donors (Lipinski definition) is 1. The number of hydrogen-bond acceptors (Lipinski definition) is 5. The minimum Gasteiger partial charge on any atom is -0.465 e. The molecule has 1 atom stereocenters. The van der Waals surface area contributed by atoms with Crippen LogP contribution in [0.5, 0.6) is 0 Å². The number of aromatic nitrogens is 1. The molecule has 0 fully saturated rings. The van der Waals surface area contributed by atoms with Crippen LogP contribution in [0.2, 0.25) is 0 Å². The predicted molar refractivity (Wildman–Crippen MR) is 155 cm³/mol. The maximum atomic E-state index is 13.8. The first kappa shape index (κ1) is 26.1. The molecule has 1 amide bonds. The number of esters is 1. The molecular weight excluding hydrogens is 492 g/mol. The van der Waals surface area contributed by atoms with E-state index in [1.807, 2.05) is 61.5 Å². The summed E-state index contributed by atoms with van der Waals surface area (Å²) in [6.45, 7) is 8.92. The number of thiophene rings is 1. The van der Waals surface area contributed by atoms with Gasteiger partial charge in [-0.2, -0.15) is 0 Å².